The third-order valence-electron chi connectivity index (χ3n) is 15.0. The van der Waals surface area contributed by atoms with E-state index in [4.69, 9.17) is 0 Å². The van der Waals surface area contributed by atoms with Gasteiger partial charge in [-0.25, -0.2) is 0 Å². The van der Waals surface area contributed by atoms with Gasteiger partial charge in [-0.3, -0.25) is 0 Å². The second kappa shape index (κ2) is 13.8. The van der Waals surface area contributed by atoms with Crippen molar-refractivity contribution in [1.29, 1.82) is 15.8 Å². The van der Waals surface area contributed by atoms with Crippen molar-refractivity contribution in [2.45, 2.75) is 34.6 Å². The largest absolute Gasteiger partial charge is 0.192 e. The van der Waals surface area contributed by atoms with Gasteiger partial charge in [-0.1, -0.05) is 78.9 Å². The van der Waals surface area contributed by atoms with Crippen molar-refractivity contribution in [3.8, 4) is 96.1 Å². The molecule has 0 unspecified atom stereocenters. The lowest BCUT2D eigenvalue weighted by Gasteiger charge is -2.17. The fourth-order valence-corrected chi connectivity index (χ4v) is 12.3. The van der Waals surface area contributed by atoms with Gasteiger partial charge >= 0.3 is 0 Å². The zero-order valence-electron chi connectivity index (χ0n) is 37.7. The Morgan fingerprint density at radius 2 is 0.687 bits per heavy atom. The average molecular weight is 850 g/mol. The second-order valence-electron chi connectivity index (χ2n) is 18.8. The standard InChI is InChI=1S/C64H39N3/c1-33-20-38(30-65)12-14-42(33)54-27-55-43(56-28-58-47-11-7-9-45-49(62-36(4)23-40(32-67)24-37(62)5)17-19-51(64(45)47)59(58)29-60(54)56)15-13-41-25-53-50-18-16-48(61-34(2)21-39(31-66)22-35(61)3)44-8-6-10-46(63(44)50)57(53)26-52(41)55/h6-29H,1-5H3. The molecule has 0 aromatic heterocycles. The van der Waals surface area contributed by atoms with E-state index in [0.29, 0.717) is 16.7 Å². The van der Waals surface area contributed by atoms with Crippen LogP contribution in [0.15, 0.2) is 146 Å². The molecule has 67 heavy (non-hydrogen) atoms. The summed E-state index contributed by atoms with van der Waals surface area (Å²) in [4.78, 5) is 0. The predicted molar refractivity (Wildman–Crippen MR) is 277 cm³/mol. The van der Waals surface area contributed by atoms with Crippen LogP contribution in [-0.4, -0.2) is 0 Å². The summed E-state index contributed by atoms with van der Waals surface area (Å²) in [5.41, 5.74) is 24.4. The molecule has 0 heterocycles. The molecule has 0 spiro atoms. The number of nitriles is 3. The van der Waals surface area contributed by atoms with Gasteiger partial charge in [0.2, 0.25) is 0 Å². The van der Waals surface area contributed by atoms with Gasteiger partial charge < -0.3 is 0 Å². The third-order valence-corrected chi connectivity index (χ3v) is 15.0. The van der Waals surface area contributed by atoms with Crippen LogP contribution < -0.4 is 0 Å². The summed E-state index contributed by atoms with van der Waals surface area (Å²) < 4.78 is 0. The van der Waals surface area contributed by atoms with E-state index in [9.17, 15) is 15.8 Å². The molecular weight excluding hydrogens is 811 g/mol. The summed E-state index contributed by atoms with van der Waals surface area (Å²) in [7, 11) is 0. The third kappa shape index (κ3) is 5.31. The van der Waals surface area contributed by atoms with Crippen LogP contribution in [0.5, 0.6) is 0 Å². The average Bonchev–Trinajstić information content (AvgIpc) is 3.83. The zero-order chi connectivity index (χ0) is 45.6. The fourth-order valence-electron chi connectivity index (χ4n) is 12.3. The highest BCUT2D eigenvalue weighted by molar-refractivity contribution is 6.28. The second-order valence-corrected chi connectivity index (χ2v) is 18.8. The maximum absolute atomic E-state index is 9.90. The highest BCUT2D eigenvalue weighted by Crippen LogP contribution is 2.55. The Balaban J connectivity index is 1.06. The van der Waals surface area contributed by atoms with E-state index >= 15 is 0 Å². The fraction of sp³-hybridized carbons (Fsp3) is 0.0781. The Morgan fingerprint density at radius 3 is 1.21 bits per heavy atom. The Kier molecular flexibility index (Phi) is 7.98. The van der Waals surface area contributed by atoms with Gasteiger partial charge in [0.25, 0.3) is 0 Å². The lowest BCUT2D eigenvalue weighted by atomic mass is 9.86. The molecule has 0 saturated carbocycles. The summed E-state index contributed by atoms with van der Waals surface area (Å²) in [6.45, 7) is 10.6. The van der Waals surface area contributed by atoms with Gasteiger partial charge in [0.1, 0.15) is 0 Å². The highest BCUT2D eigenvalue weighted by atomic mass is 14.3. The molecule has 310 valence electrons. The lowest BCUT2D eigenvalue weighted by Crippen LogP contribution is -1.92. The van der Waals surface area contributed by atoms with Crippen LogP contribution in [0.4, 0.5) is 0 Å². The van der Waals surface area contributed by atoms with Crippen LogP contribution >= 0.6 is 0 Å². The van der Waals surface area contributed by atoms with Crippen LogP contribution in [0.2, 0.25) is 0 Å². The maximum Gasteiger partial charge on any atom is 0.0991 e. The van der Waals surface area contributed by atoms with Crippen LogP contribution in [-0.2, 0) is 0 Å². The minimum absolute atomic E-state index is 0.653. The molecule has 11 aromatic rings. The molecule has 0 aliphatic heterocycles. The molecule has 11 aromatic carbocycles. The summed E-state index contributed by atoms with van der Waals surface area (Å²) >= 11 is 0. The monoisotopic (exact) mass is 849 g/mol. The molecule has 0 amide bonds. The van der Waals surface area contributed by atoms with Crippen molar-refractivity contribution < 1.29 is 0 Å². The first kappa shape index (κ1) is 38.6. The minimum atomic E-state index is 0.653. The Bertz CT molecular complexity index is 4250. The first-order valence-electron chi connectivity index (χ1n) is 22.8. The number of rotatable bonds is 3. The summed E-state index contributed by atoms with van der Waals surface area (Å²) in [5, 5.41) is 41.5. The molecule has 0 radical (unpaired) electrons. The lowest BCUT2D eigenvalue weighted by molar-refractivity contribution is 1.35. The van der Waals surface area contributed by atoms with Crippen LogP contribution in [0, 0.1) is 68.6 Å². The van der Waals surface area contributed by atoms with Gasteiger partial charge in [0.05, 0.1) is 34.9 Å². The number of hydrogen-bond donors (Lipinski definition) is 0. The zero-order valence-corrected chi connectivity index (χ0v) is 37.7. The normalized spacial score (nSPS) is 11.9. The molecular formula is C64H39N3. The Hall–Kier alpha value is -8.81. The summed E-state index contributed by atoms with van der Waals surface area (Å²) in [5.74, 6) is 0. The highest BCUT2D eigenvalue weighted by Gasteiger charge is 2.28. The van der Waals surface area contributed by atoms with Crippen molar-refractivity contribution in [3.63, 3.8) is 0 Å². The number of hydrogen-bond acceptors (Lipinski definition) is 3. The van der Waals surface area contributed by atoms with Crippen molar-refractivity contribution in [3.05, 3.63) is 190 Å². The van der Waals surface area contributed by atoms with E-state index in [1.807, 2.05) is 36.4 Å². The SMILES string of the molecule is Cc1cc(C#N)ccc1-c1cc2c3cc4c(cc3ccc2c2cc3c(cc12)-c1ccc(-c2c(C)cc(C#N)cc2C)c2cccc-3c12)-c1ccc(-c2c(C)cc(C#N)cc2C)c2cccc-4c12. The smallest absolute Gasteiger partial charge is 0.0991 e. The molecule has 3 nitrogen and oxygen atoms in total. The number of aryl methyl sites for hydroxylation is 5. The van der Waals surface area contributed by atoms with E-state index in [0.717, 1.165) is 38.9 Å². The van der Waals surface area contributed by atoms with Gasteiger partial charge in [-0.05, 0) is 261 Å². The molecule has 2 aliphatic carbocycles. The molecule has 0 saturated heterocycles. The van der Waals surface area contributed by atoms with E-state index in [1.54, 1.807) is 0 Å². The molecule has 0 N–H and O–H groups in total. The van der Waals surface area contributed by atoms with Crippen LogP contribution in [0.3, 0.4) is 0 Å². The Labute approximate surface area is 388 Å². The van der Waals surface area contributed by atoms with Gasteiger partial charge in [0, 0.05) is 0 Å². The summed E-state index contributed by atoms with van der Waals surface area (Å²) in [6, 6.07) is 60.4. The van der Waals surface area contributed by atoms with E-state index in [-0.39, 0.29) is 0 Å². The molecule has 0 atom stereocenters. The Morgan fingerprint density at radius 1 is 0.269 bits per heavy atom. The van der Waals surface area contributed by atoms with Gasteiger partial charge in [-0.2, -0.15) is 15.8 Å². The predicted octanol–water partition coefficient (Wildman–Crippen LogP) is 16.9. The number of benzene rings is 11. The van der Waals surface area contributed by atoms with Crippen molar-refractivity contribution >= 4 is 53.9 Å². The van der Waals surface area contributed by atoms with E-state index < -0.39 is 0 Å². The molecule has 3 heteroatoms. The molecule has 13 rings (SSSR count). The minimum Gasteiger partial charge on any atom is -0.192 e. The van der Waals surface area contributed by atoms with Crippen molar-refractivity contribution in [1.82, 2.24) is 0 Å². The number of fused-ring (bicyclic) bond motifs is 11. The molecule has 2 aliphatic rings. The van der Waals surface area contributed by atoms with Crippen molar-refractivity contribution in [2.24, 2.45) is 0 Å². The molecule has 0 bridgehead atoms. The first-order valence-corrected chi connectivity index (χ1v) is 22.8. The van der Waals surface area contributed by atoms with E-state index in [1.165, 1.54) is 121 Å². The van der Waals surface area contributed by atoms with Gasteiger partial charge in [0.15, 0.2) is 0 Å². The van der Waals surface area contributed by atoms with Gasteiger partial charge in [-0.15, -0.1) is 0 Å². The quantitative estimate of drug-likeness (QED) is 0.166. The van der Waals surface area contributed by atoms with Crippen LogP contribution in [0.25, 0.3) is 132 Å². The molecule has 0 fully saturated rings. The van der Waals surface area contributed by atoms with Crippen LogP contribution in [0.1, 0.15) is 44.5 Å². The number of nitrogens with zero attached hydrogens (tertiary/aromatic N) is 3. The van der Waals surface area contributed by atoms with E-state index in [2.05, 4.69) is 162 Å². The van der Waals surface area contributed by atoms with Crippen molar-refractivity contribution in [2.75, 3.05) is 0 Å². The topological polar surface area (TPSA) is 71.4 Å². The summed E-state index contributed by atoms with van der Waals surface area (Å²) in [6.07, 6.45) is 0. The maximum atomic E-state index is 9.90. The first-order chi connectivity index (χ1) is 32.6.